The van der Waals surface area contributed by atoms with Crippen molar-refractivity contribution in [3.63, 3.8) is 0 Å². The Morgan fingerprint density at radius 1 is 1.38 bits per heavy atom. The maximum atomic E-state index is 11.7. The van der Waals surface area contributed by atoms with Crippen LogP contribution in [-0.4, -0.2) is 35.2 Å². The molecule has 0 saturated carbocycles. The van der Waals surface area contributed by atoms with Crippen LogP contribution in [0.2, 0.25) is 0 Å². The zero-order valence-electron chi connectivity index (χ0n) is 12.3. The van der Waals surface area contributed by atoms with E-state index in [2.05, 4.69) is 15.6 Å². The molecule has 1 atom stereocenters. The van der Waals surface area contributed by atoms with Gasteiger partial charge in [0.2, 0.25) is 5.88 Å². The number of hydrogen-bond donors (Lipinski definition) is 3. The van der Waals surface area contributed by atoms with Crippen molar-refractivity contribution in [2.24, 2.45) is 5.92 Å². The number of nitrogens with zero attached hydrogens (tertiary/aromatic N) is 1. The normalized spacial score (nSPS) is 11.5. The van der Waals surface area contributed by atoms with E-state index in [0.29, 0.717) is 31.1 Å². The number of hydrogen-bond acceptors (Lipinski definition) is 4. The molecule has 0 radical (unpaired) electrons. The van der Waals surface area contributed by atoms with Gasteiger partial charge in [0.15, 0.2) is 0 Å². The van der Waals surface area contributed by atoms with Gasteiger partial charge in [-0.05, 0) is 18.9 Å². The molecule has 0 aromatic carbocycles. The highest BCUT2D eigenvalue weighted by Crippen LogP contribution is 2.11. The summed E-state index contributed by atoms with van der Waals surface area (Å²) in [5.74, 6) is -0.442. The minimum absolute atomic E-state index is 0.0430. The maximum absolute atomic E-state index is 11.7. The molecule has 21 heavy (non-hydrogen) atoms. The van der Waals surface area contributed by atoms with Gasteiger partial charge in [-0.15, -0.1) is 0 Å². The molecule has 116 valence electrons. The molecule has 2 amide bonds. The molecule has 0 fully saturated rings. The Labute approximate surface area is 123 Å². The zero-order chi connectivity index (χ0) is 15.7. The number of aliphatic carboxylic acids is 1. The Morgan fingerprint density at radius 2 is 2.14 bits per heavy atom. The van der Waals surface area contributed by atoms with Crippen molar-refractivity contribution in [1.29, 1.82) is 0 Å². The van der Waals surface area contributed by atoms with Crippen molar-refractivity contribution in [2.45, 2.75) is 26.7 Å². The van der Waals surface area contributed by atoms with Gasteiger partial charge in [-0.1, -0.05) is 13.3 Å². The third-order valence-electron chi connectivity index (χ3n) is 2.88. The Balaban J connectivity index is 2.40. The largest absolute Gasteiger partial charge is 0.481 e. The number of anilines is 1. The minimum atomic E-state index is -0.861. The van der Waals surface area contributed by atoms with Gasteiger partial charge >= 0.3 is 12.0 Å². The molecule has 0 aliphatic carbocycles. The molecular formula is C14H21N3O4. The number of amides is 2. The van der Waals surface area contributed by atoms with Crippen molar-refractivity contribution in [2.75, 3.05) is 18.5 Å². The lowest BCUT2D eigenvalue weighted by Crippen LogP contribution is -2.33. The monoisotopic (exact) mass is 295 g/mol. The maximum Gasteiger partial charge on any atom is 0.319 e. The van der Waals surface area contributed by atoms with E-state index >= 15 is 0 Å². The highest BCUT2D eigenvalue weighted by molar-refractivity contribution is 5.89. The molecule has 7 heteroatoms. The van der Waals surface area contributed by atoms with Gasteiger partial charge in [-0.2, -0.15) is 0 Å². The number of pyridine rings is 1. The quantitative estimate of drug-likeness (QED) is 0.682. The average molecular weight is 295 g/mol. The van der Waals surface area contributed by atoms with Crippen LogP contribution in [0.1, 0.15) is 26.7 Å². The molecule has 0 aliphatic heterocycles. The number of nitrogens with one attached hydrogen (secondary N) is 2. The van der Waals surface area contributed by atoms with Gasteiger partial charge < -0.3 is 20.5 Å². The second-order valence-corrected chi connectivity index (χ2v) is 4.53. The fourth-order valence-electron chi connectivity index (χ4n) is 1.71. The molecule has 1 unspecified atom stereocenters. The molecule has 0 bridgehead atoms. The van der Waals surface area contributed by atoms with Crippen LogP contribution in [0.4, 0.5) is 10.5 Å². The molecule has 0 spiro atoms. The molecule has 7 nitrogen and oxygen atoms in total. The summed E-state index contributed by atoms with van der Waals surface area (Å²) in [5, 5.41) is 14.0. The van der Waals surface area contributed by atoms with E-state index < -0.39 is 5.97 Å². The number of rotatable bonds is 8. The first-order valence-electron chi connectivity index (χ1n) is 6.90. The zero-order valence-corrected chi connectivity index (χ0v) is 12.3. The van der Waals surface area contributed by atoms with Crippen molar-refractivity contribution in [3.05, 3.63) is 18.3 Å². The van der Waals surface area contributed by atoms with E-state index in [9.17, 15) is 9.59 Å². The van der Waals surface area contributed by atoms with Crippen molar-refractivity contribution in [1.82, 2.24) is 10.3 Å². The van der Waals surface area contributed by atoms with E-state index in [-0.39, 0.29) is 18.4 Å². The third-order valence-corrected chi connectivity index (χ3v) is 2.88. The highest BCUT2D eigenvalue weighted by Gasteiger charge is 2.12. The number of ether oxygens (including phenoxy) is 1. The van der Waals surface area contributed by atoms with Crippen LogP contribution < -0.4 is 15.4 Å². The summed E-state index contributed by atoms with van der Waals surface area (Å²) in [6.45, 7) is 4.60. The number of carboxylic acids is 1. The fourth-order valence-corrected chi connectivity index (χ4v) is 1.71. The fraction of sp³-hybridized carbons (Fsp3) is 0.500. The number of carboxylic acid groups (broad SMARTS) is 1. The topological polar surface area (TPSA) is 101 Å². The van der Waals surface area contributed by atoms with Crippen molar-refractivity contribution < 1.29 is 19.4 Å². The average Bonchev–Trinajstić information content (AvgIpc) is 2.45. The molecule has 0 aliphatic rings. The minimum Gasteiger partial charge on any atom is -0.481 e. The van der Waals surface area contributed by atoms with Gasteiger partial charge in [-0.25, -0.2) is 9.78 Å². The van der Waals surface area contributed by atoms with Gasteiger partial charge in [-0.3, -0.25) is 4.79 Å². The molecule has 1 aromatic heterocycles. The molecular weight excluding hydrogens is 274 g/mol. The lowest BCUT2D eigenvalue weighted by Gasteiger charge is -2.14. The van der Waals surface area contributed by atoms with Crippen molar-refractivity contribution >= 4 is 17.7 Å². The predicted octanol–water partition coefficient (Wildman–Crippen LogP) is 2.10. The van der Waals surface area contributed by atoms with Crippen LogP contribution in [0.25, 0.3) is 0 Å². The van der Waals surface area contributed by atoms with Gasteiger partial charge in [0.05, 0.1) is 18.5 Å². The summed E-state index contributed by atoms with van der Waals surface area (Å²) in [6.07, 6.45) is 2.23. The third kappa shape index (κ3) is 6.60. The van der Waals surface area contributed by atoms with Crippen molar-refractivity contribution in [3.8, 4) is 5.88 Å². The first-order valence-corrected chi connectivity index (χ1v) is 6.90. The number of aromatic nitrogens is 1. The summed E-state index contributed by atoms with van der Waals surface area (Å²) >= 11 is 0. The smallest absolute Gasteiger partial charge is 0.319 e. The van der Waals surface area contributed by atoms with Gasteiger partial charge in [0.1, 0.15) is 0 Å². The summed E-state index contributed by atoms with van der Waals surface area (Å²) < 4.78 is 5.20. The Morgan fingerprint density at radius 3 is 2.67 bits per heavy atom. The molecule has 1 heterocycles. The summed E-state index contributed by atoms with van der Waals surface area (Å²) in [7, 11) is 0. The first kappa shape index (κ1) is 16.7. The first-order chi connectivity index (χ1) is 10.0. The van der Waals surface area contributed by atoms with Crippen LogP contribution in [-0.2, 0) is 4.79 Å². The summed E-state index contributed by atoms with van der Waals surface area (Å²) in [4.78, 5) is 26.4. The second-order valence-electron chi connectivity index (χ2n) is 4.53. The molecule has 0 saturated heterocycles. The number of carbonyl (C=O) groups is 2. The Hall–Kier alpha value is -2.31. The summed E-state index contributed by atoms with van der Waals surface area (Å²) in [6, 6.07) is 2.97. The summed E-state index contributed by atoms with van der Waals surface area (Å²) in [5.41, 5.74) is 0.544. The number of urea groups is 1. The van der Waals surface area contributed by atoms with E-state index in [1.807, 2.05) is 13.8 Å². The van der Waals surface area contributed by atoms with Crippen LogP contribution in [0.15, 0.2) is 18.3 Å². The lowest BCUT2D eigenvalue weighted by molar-refractivity contribution is -0.138. The van der Waals surface area contributed by atoms with Crippen LogP contribution >= 0.6 is 0 Å². The standard InChI is InChI=1S/C14H21N3O4/c1-3-10(7-13(18)19)8-16-14(20)17-11-5-6-12(15-9-11)21-4-2/h5-6,9-10H,3-4,7-8H2,1-2H3,(H,18,19)(H2,16,17,20). The van der Waals surface area contributed by atoms with E-state index in [4.69, 9.17) is 9.84 Å². The second kappa shape index (κ2) is 8.78. The van der Waals surface area contributed by atoms with Gasteiger partial charge in [0.25, 0.3) is 0 Å². The Bertz CT molecular complexity index is 462. The molecule has 1 rings (SSSR count). The molecule has 3 N–H and O–H groups in total. The van der Waals surface area contributed by atoms with Gasteiger partial charge in [0, 0.05) is 19.0 Å². The van der Waals surface area contributed by atoms with E-state index in [1.54, 1.807) is 12.1 Å². The van der Waals surface area contributed by atoms with Crippen LogP contribution in [0.3, 0.4) is 0 Å². The predicted molar refractivity (Wildman–Crippen MR) is 78.5 cm³/mol. The van der Waals surface area contributed by atoms with Crippen LogP contribution in [0.5, 0.6) is 5.88 Å². The SMILES string of the molecule is CCOc1ccc(NC(=O)NCC(CC)CC(=O)O)cn1. The van der Waals surface area contributed by atoms with Crippen LogP contribution in [0, 0.1) is 5.92 Å². The van der Waals surface area contributed by atoms with E-state index in [0.717, 1.165) is 0 Å². The lowest BCUT2D eigenvalue weighted by atomic mass is 10.0. The van der Waals surface area contributed by atoms with E-state index in [1.165, 1.54) is 6.20 Å². The highest BCUT2D eigenvalue weighted by atomic mass is 16.5. The molecule has 1 aromatic rings. The number of carbonyl (C=O) groups excluding carboxylic acids is 1. The Kier molecular flexibility index (Phi) is 7.00.